The molecule has 1 saturated carbocycles. The minimum absolute atomic E-state index is 0.0364. The summed E-state index contributed by atoms with van der Waals surface area (Å²) in [5, 5.41) is 3.45. The summed E-state index contributed by atoms with van der Waals surface area (Å²) in [7, 11) is -3.37. The van der Waals surface area contributed by atoms with Gasteiger partial charge >= 0.3 is 0 Å². The number of piperazine rings is 1. The van der Waals surface area contributed by atoms with Crippen molar-refractivity contribution in [2.75, 3.05) is 43.4 Å². The van der Waals surface area contributed by atoms with E-state index in [2.05, 4.69) is 10.2 Å². The number of halogens is 1. The number of amides is 1. The van der Waals surface area contributed by atoms with E-state index in [9.17, 15) is 13.2 Å². The lowest BCUT2D eigenvalue weighted by Gasteiger charge is -2.35. The average molecular weight is 428 g/mol. The number of benzene rings is 1. The molecule has 2 aliphatic rings. The van der Waals surface area contributed by atoms with Crippen LogP contribution in [0.1, 0.15) is 38.5 Å². The first-order valence-corrected chi connectivity index (χ1v) is 12.2. The van der Waals surface area contributed by atoms with Crippen molar-refractivity contribution in [3.05, 3.63) is 29.3 Å². The second kappa shape index (κ2) is 9.94. The standard InChI is InChI=1S/C20H30ClN3O3S/c21-18-7-3-4-8-19(18)23-12-14-24(15-13-23)28(26,27)16-11-22-20(25)10-9-17-5-1-2-6-17/h3-4,7-8,17H,1-2,5-6,9-16H2,(H,22,25). The van der Waals surface area contributed by atoms with E-state index in [1.807, 2.05) is 24.3 Å². The number of carbonyl (C=O) groups is 1. The van der Waals surface area contributed by atoms with Crippen molar-refractivity contribution in [3.8, 4) is 0 Å². The van der Waals surface area contributed by atoms with Crippen molar-refractivity contribution >= 4 is 33.2 Å². The Morgan fingerprint density at radius 3 is 2.46 bits per heavy atom. The van der Waals surface area contributed by atoms with Crippen molar-refractivity contribution in [2.45, 2.75) is 38.5 Å². The van der Waals surface area contributed by atoms with E-state index in [1.54, 1.807) is 0 Å². The van der Waals surface area contributed by atoms with E-state index in [1.165, 1.54) is 30.0 Å². The fraction of sp³-hybridized carbons (Fsp3) is 0.650. The van der Waals surface area contributed by atoms with Gasteiger partial charge in [-0.2, -0.15) is 4.31 Å². The van der Waals surface area contributed by atoms with Gasteiger partial charge in [-0.15, -0.1) is 0 Å². The fourth-order valence-electron chi connectivity index (χ4n) is 4.09. The number of para-hydroxylation sites is 1. The number of rotatable bonds is 8. The number of sulfonamides is 1. The van der Waals surface area contributed by atoms with E-state index in [0.29, 0.717) is 43.5 Å². The maximum Gasteiger partial charge on any atom is 0.220 e. The molecule has 0 bridgehead atoms. The van der Waals surface area contributed by atoms with Gasteiger partial charge in [0, 0.05) is 39.1 Å². The van der Waals surface area contributed by atoms with Crippen molar-refractivity contribution in [1.82, 2.24) is 9.62 Å². The van der Waals surface area contributed by atoms with Crippen LogP contribution >= 0.6 is 11.6 Å². The predicted molar refractivity (Wildman–Crippen MR) is 113 cm³/mol. The molecule has 1 amide bonds. The number of nitrogens with one attached hydrogen (secondary N) is 1. The minimum atomic E-state index is -3.37. The van der Waals surface area contributed by atoms with E-state index in [4.69, 9.17) is 11.6 Å². The van der Waals surface area contributed by atoms with Gasteiger partial charge in [-0.3, -0.25) is 4.79 Å². The maximum absolute atomic E-state index is 12.6. The van der Waals surface area contributed by atoms with Crippen LogP contribution in [0.4, 0.5) is 5.69 Å². The second-order valence-electron chi connectivity index (χ2n) is 7.69. The lowest BCUT2D eigenvalue weighted by molar-refractivity contribution is -0.121. The topological polar surface area (TPSA) is 69.7 Å². The van der Waals surface area contributed by atoms with E-state index >= 15 is 0 Å². The van der Waals surface area contributed by atoms with Crippen LogP contribution in [0.3, 0.4) is 0 Å². The Labute approximate surface area is 173 Å². The highest BCUT2D eigenvalue weighted by molar-refractivity contribution is 7.89. The smallest absolute Gasteiger partial charge is 0.220 e. The molecule has 0 atom stereocenters. The van der Waals surface area contributed by atoms with Gasteiger partial charge in [0.05, 0.1) is 16.5 Å². The van der Waals surface area contributed by atoms with Gasteiger partial charge in [0.25, 0.3) is 0 Å². The Balaban J connectivity index is 1.39. The molecule has 0 unspecified atom stereocenters. The highest BCUT2D eigenvalue weighted by Gasteiger charge is 2.27. The molecule has 1 heterocycles. The largest absolute Gasteiger partial charge is 0.368 e. The molecule has 1 aromatic rings. The minimum Gasteiger partial charge on any atom is -0.368 e. The van der Waals surface area contributed by atoms with Crippen molar-refractivity contribution < 1.29 is 13.2 Å². The van der Waals surface area contributed by atoms with Crippen LogP contribution in [0.15, 0.2) is 24.3 Å². The molecule has 2 fully saturated rings. The highest BCUT2D eigenvalue weighted by atomic mass is 35.5. The van der Waals surface area contributed by atoms with Gasteiger partial charge in [0.2, 0.25) is 15.9 Å². The Morgan fingerprint density at radius 1 is 1.11 bits per heavy atom. The van der Waals surface area contributed by atoms with Crippen LogP contribution in [-0.2, 0) is 14.8 Å². The van der Waals surface area contributed by atoms with Crippen molar-refractivity contribution in [3.63, 3.8) is 0 Å². The first-order chi connectivity index (χ1) is 13.5. The number of carbonyl (C=O) groups excluding carboxylic acids is 1. The summed E-state index contributed by atoms with van der Waals surface area (Å²) < 4.78 is 26.7. The van der Waals surface area contributed by atoms with Crippen LogP contribution in [0.5, 0.6) is 0 Å². The summed E-state index contributed by atoms with van der Waals surface area (Å²) in [6.45, 7) is 2.26. The first kappa shape index (κ1) is 21.4. The van der Waals surface area contributed by atoms with Crippen LogP contribution in [0.25, 0.3) is 0 Å². The molecule has 6 nitrogen and oxygen atoms in total. The molecule has 28 heavy (non-hydrogen) atoms. The molecule has 156 valence electrons. The lowest BCUT2D eigenvalue weighted by atomic mass is 10.0. The average Bonchev–Trinajstić information content (AvgIpc) is 3.20. The molecule has 1 aromatic carbocycles. The van der Waals surface area contributed by atoms with Gasteiger partial charge in [0.15, 0.2) is 0 Å². The number of hydrogen-bond donors (Lipinski definition) is 1. The van der Waals surface area contributed by atoms with Gasteiger partial charge in [0.1, 0.15) is 0 Å². The monoisotopic (exact) mass is 427 g/mol. The van der Waals surface area contributed by atoms with Gasteiger partial charge in [-0.05, 0) is 24.5 Å². The first-order valence-electron chi connectivity index (χ1n) is 10.2. The molecular formula is C20H30ClN3O3S. The Bertz CT molecular complexity index is 758. The van der Waals surface area contributed by atoms with Crippen molar-refractivity contribution in [1.29, 1.82) is 0 Å². The molecule has 1 saturated heterocycles. The van der Waals surface area contributed by atoms with Crippen LogP contribution in [-0.4, -0.2) is 57.1 Å². The molecule has 8 heteroatoms. The van der Waals surface area contributed by atoms with Crippen LogP contribution in [0.2, 0.25) is 5.02 Å². The number of nitrogens with zero attached hydrogens (tertiary/aromatic N) is 2. The summed E-state index contributed by atoms with van der Waals surface area (Å²) >= 11 is 6.24. The fourth-order valence-corrected chi connectivity index (χ4v) is 5.68. The molecule has 3 rings (SSSR count). The number of anilines is 1. The third kappa shape index (κ3) is 5.84. The van der Waals surface area contributed by atoms with E-state index < -0.39 is 10.0 Å². The SMILES string of the molecule is O=C(CCC1CCCC1)NCCS(=O)(=O)N1CCN(c2ccccc2Cl)CC1. The predicted octanol–water partition coefficient (Wildman–Crippen LogP) is 2.88. The van der Waals surface area contributed by atoms with Gasteiger partial charge in [-0.25, -0.2) is 8.42 Å². The quantitative estimate of drug-likeness (QED) is 0.692. The summed E-state index contributed by atoms with van der Waals surface area (Å²) in [6, 6.07) is 7.61. The molecular weight excluding hydrogens is 398 g/mol. The molecule has 1 aliphatic carbocycles. The Hall–Kier alpha value is -1.31. The summed E-state index contributed by atoms with van der Waals surface area (Å²) in [5.74, 6) is 0.586. The van der Waals surface area contributed by atoms with Gasteiger partial charge in [-0.1, -0.05) is 49.4 Å². The summed E-state index contributed by atoms with van der Waals surface area (Å²) in [4.78, 5) is 14.1. The van der Waals surface area contributed by atoms with E-state index in [-0.39, 0.29) is 18.2 Å². The lowest BCUT2D eigenvalue weighted by Crippen LogP contribution is -2.50. The zero-order chi connectivity index (χ0) is 20.0. The normalized spacial score (nSPS) is 19.1. The molecule has 0 aromatic heterocycles. The van der Waals surface area contributed by atoms with Gasteiger partial charge < -0.3 is 10.2 Å². The molecule has 1 aliphatic heterocycles. The third-order valence-corrected chi connectivity index (χ3v) is 7.95. The van der Waals surface area contributed by atoms with Crippen LogP contribution < -0.4 is 10.2 Å². The van der Waals surface area contributed by atoms with Crippen molar-refractivity contribution in [2.24, 2.45) is 5.92 Å². The summed E-state index contributed by atoms with van der Waals surface area (Å²) in [5.41, 5.74) is 0.941. The second-order valence-corrected chi connectivity index (χ2v) is 10.2. The Morgan fingerprint density at radius 2 is 1.79 bits per heavy atom. The van der Waals surface area contributed by atoms with Crippen LogP contribution in [0, 0.1) is 5.92 Å². The molecule has 1 N–H and O–H groups in total. The zero-order valence-electron chi connectivity index (χ0n) is 16.3. The highest BCUT2D eigenvalue weighted by Crippen LogP contribution is 2.28. The zero-order valence-corrected chi connectivity index (χ0v) is 17.8. The number of hydrogen-bond acceptors (Lipinski definition) is 4. The summed E-state index contributed by atoms with van der Waals surface area (Å²) in [6.07, 6.45) is 6.41. The maximum atomic E-state index is 12.6. The van der Waals surface area contributed by atoms with E-state index in [0.717, 1.165) is 12.1 Å². The Kier molecular flexibility index (Phi) is 7.60. The third-order valence-electron chi connectivity index (χ3n) is 5.76. The molecule has 0 spiro atoms. The molecule has 0 radical (unpaired) electrons.